The number of hydrogen-bond acceptors (Lipinski definition) is 4. The number of benzene rings is 2. The SMILES string of the molecule is CCc1ccccc1NC(=O)CNC(=O)C[NH+](C)Cc1nc2ccccc2s1. The van der Waals surface area contributed by atoms with E-state index in [1.54, 1.807) is 11.3 Å². The van der Waals surface area contributed by atoms with Gasteiger partial charge in [0.25, 0.3) is 5.91 Å². The molecule has 0 aliphatic rings. The van der Waals surface area contributed by atoms with Gasteiger partial charge in [-0.1, -0.05) is 37.3 Å². The fourth-order valence-electron chi connectivity index (χ4n) is 2.98. The van der Waals surface area contributed by atoms with Crippen molar-refractivity contribution in [1.82, 2.24) is 10.3 Å². The van der Waals surface area contributed by atoms with Crippen molar-refractivity contribution in [1.29, 1.82) is 0 Å². The summed E-state index contributed by atoms with van der Waals surface area (Å²) in [6.07, 6.45) is 0.836. The zero-order valence-electron chi connectivity index (χ0n) is 16.1. The van der Waals surface area contributed by atoms with Crippen molar-refractivity contribution in [3.8, 4) is 0 Å². The highest BCUT2D eigenvalue weighted by Gasteiger charge is 2.14. The minimum Gasteiger partial charge on any atom is -0.342 e. The Kier molecular flexibility index (Phi) is 6.73. The Balaban J connectivity index is 1.45. The summed E-state index contributed by atoms with van der Waals surface area (Å²) in [5.41, 5.74) is 2.86. The lowest BCUT2D eigenvalue weighted by Crippen LogP contribution is -3.08. The first kappa shape index (κ1) is 20.0. The maximum atomic E-state index is 12.2. The highest BCUT2D eigenvalue weighted by Crippen LogP contribution is 2.20. The van der Waals surface area contributed by atoms with Gasteiger partial charge in [-0.05, 0) is 30.2 Å². The highest BCUT2D eigenvalue weighted by atomic mass is 32.1. The lowest BCUT2D eigenvalue weighted by atomic mass is 10.1. The monoisotopic (exact) mass is 397 g/mol. The first-order valence-electron chi connectivity index (χ1n) is 9.35. The molecule has 1 heterocycles. The molecule has 3 N–H and O–H groups in total. The van der Waals surface area contributed by atoms with E-state index in [0.29, 0.717) is 6.54 Å². The van der Waals surface area contributed by atoms with Gasteiger partial charge in [0.2, 0.25) is 5.91 Å². The van der Waals surface area contributed by atoms with Crippen molar-refractivity contribution in [2.24, 2.45) is 0 Å². The molecule has 0 bridgehead atoms. The standard InChI is InChI=1S/C21H24N4O2S/c1-3-15-8-4-5-9-16(15)23-19(26)12-22-20(27)13-25(2)14-21-24-17-10-6-7-11-18(17)28-21/h4-11H,3,12-14H2,1-2H3,(H,22,27)(H,23,26)/p+1. The van der Waals surface area contributed by atoms with Crippen LogP contribution in [-0.2, 0) is 22.6 Å². The van der Waals surface area contributed by atoms with Gasteiger partial charge in [0.15, 0.2) is 6.54 Å². The Hall–Kier alpha value is -2.77. The normalized spacial score (nSPS) is 11.9. The Morgan fingerprint density at radius 2 is 1.82 bits per heavy atom. The second-order valence-corrected chi connectivity index (χ2v) is 7.84. The number of para-hydroxylation sites is 2. The molecule has 146 valence electrons. The number of nitrogens with zero attached hydrogens (tertiary/aromatic N) is 1. The van der Waals surface area contributed by atoms with E-state index in [-0.39, 0.29) is 24.9 Å². The summed E-state index contributed by atoms with van der Waals surface area (Å²) in [4.78, 5) is 29.9. The van der Waals surface area contributed by atoms with Gasteiger partial charge in [-0.25, -0.2) is 4.98 Å². The zero-order chi connectivity index (χ0) is 19.9. The summed E-state index contributed by atoms with van der Waals surface area (Å²) in [6.45, 7) is 2.96. The van der Waals surface area contributed by atoms with E-state index < -0.39 is 0 Å². The van der Waals surface area contributed by atoms with E-state index in [1.165, 1.54) is 0 Å². The molecule has 0 saturated carbocycles. The smallest absolute Gasteiger partial charge is 0.275 e. The van der Waals surface area contributed by atoms with Gasteiger partial charge in [-0.2, -0.15) is 0 Å². The van der Waals surface area contributed by atoms with Crippen LogP contribution in [0, 0.1) is 0 Å². The quantitative estimate of drug-likeness (QED) is 0.541. The van der Waals surface area contributed by atoms with Crippen molar-refractivity contribution in [2.45, 2.75) is 19.9 Å². The van der Waals surface area contributed by atoms with Gasteiger partial charge >= 0.3 is 0 Å². The lowest BCUT2D eigenvalue weighted by Gasteiger charge is -2.13. The number of amides is 2. The predicted molar refractivity (Wildman–Crippen MR) is 113 cm³/mol. The Labute approximate surface area is 168 Å². The number of rotatable bonds is 8. The minimum absolute atomic E-state index is 0.0364. The number of carbonyl (C=O) groups excluding carboxylic acids is 2. The number of hydrogen-bond donors (Lipinski definition) is 3. The maximum Gasteiger partial charge on any atom is 0.275 e. The third kappa shape index (κ3) is 5.37. The lowest BCUT2D eigenvalue weighted by molar-refractivity contribution is -0.885. The van der Waals surface area contributed by atoms with E-state index in [1.807, 2.05) is 62.5 Å². The van der Waals surface area contributed by atoms with Crippen molar-refractivity contribution in [3.63, 3.8) is 0 Å². The number of aryl methyl sites for hydroxylation is 1. The van der Waals surface area contributed by atoms with Gasteiger partial charge in [-0.3, -0.25) is 9.59 Å². The third-order valence-corrected chi connectivity index (χ3v) is 5.41. The summed E-state index contributed by atoms with van der Waals surface area (Å²) in [7, 11) is 1.95. The van der Waals surface area contributed by atoms with Crippen LogP contribution in [0.15, 0.2) is 48.5 Å². The first-order chi connectivity index (χ1) is 13.5. The minimum atomic E-state index is -0.224. The van der Waals surface area contributed by atoms with E-state index in [9.17, 15) is 9.59 Å². The van der Waals surface area contributed by atoms with Crippen LogP contribution < -0.4 is 15.5 Å². The Bertz CT molecular complexity index is 937. The largest absolute Gasteiger partial charge is 0.342 e. The Morgan fingerprint density at radius 1 is 1.07 bits per heavy atom. The number of thiazole rings is 1. The number of nitrogens with one attached hydrogen (secondary N) is 3. The fourth-order valence-corrected chi connectivity index (χ4v) is 4.06. The van der Waals surface area contributed by atoms with Crippen LogP contribution in [0.4, 0.5) is 5.69 Å². The first-order valence-corrected chi connectivity index (χ1v) is 10.2. The molecule has 2 aromatic carbocycles. The molecular formula is C21H25N4O2S+. The predicted octanol–water partition coefficient (Wildman–Crippen LogP) is 1.63. The number of carbonyl (C=O) groups is 2. The number of aromatic nitrogens is 1. The van der Waals surface area contributed by atoms with Crippen molar-refractivity contribution in [3.05, 3.63) is 59.1 Å². The molecule has 0 saturated heterocycles. The van der Waals surface area contributed by atoms with Crippen LogP contribution in [0.25, 0.3) is 10.2 Å². The molecule has 1 unspecified atom stereocenters. The molecule has 2 amide bonds. The molecular weight excluding hydrogens is 372 g/mol. The van der Waals surface area contributed by atoms with E-state index in [0.717, 1.165) is 37.8 Å². The average Bonchev–Trinajstić information content (AvgIpc) is 3.08. The molecule has 7 heteroatoms. The zero-order valence-corrected chi connectivity index (χ0v) is 16.9. The molecule has 3 aromatic rings. The van der Waals surface area contributed by atoms with Gasteiger partial charge < -0.3 is 15.5 Å². The van der Waals surface area contributed by atoms with Crippen molar-refractivity contribution >= 4 is 39.1 Å². The van der Waals surface area contributed by atoms with Gasteiger partial charge in [0, 0.05) is 5.69 Å². The topological polar surface area (TPSA) is 75.5 Å². The van der Waals surface area contributed by atoms with Gasteiger partial charge in [0.05, 0.1) is 23.8 Å². The van der Waals surface area contributed by atoms with Crippen LogP contribution >= 0.6 is 11.3 Å². The van der Waals surface area contributed by atoms with Crippen LogP contribution in [0.2, 0.25) is 0 Å². The summed E-state index contributed by atoms with van der Waals surface area (Å²) in [5.74, 6) is -0.379. The number of anilines is 1. The van der Waals surface area contributed by atoms with E-state index in [2.05, 4.69) is 15.6 Å². The summed E-state index contributed by atoms with van der Waals surface area (Å²) < 4.78 is 1.15. The molecule has 0 spiro atoms. The second-order valence-electron chi connectivity index (χ2n) is 6.72. The molecule has 1 aromatic heterocycles. The Morgan fingerprint density at radius 3 is 2.61 bits per heavy atom. The molecule has 28 heavy (non-hydrogen) atoms. The second kappa shape index (κ2) is 9.43. The fraction of sp³-hybridized carbons (Fsp3) is 0.286. The molecule has 1 atom stereocenters. The summed E-state index contributed by atoms with van der Waals surface area (Å²) in [5, 5.41) is 6.55. The molecule has 0 fully saturated rings. The third-order valence-electron chi connectivity index (χ3n) is 4.37. The number of fused-ring (bicyclic) bond motifs is 1. The van der Waals surface area contributed by atoms with Crippen molar-refractivity contribution in [2.75, 3.05) is 25.5 Å². The molecule has 3 rings (SSSR count). The van der Waals surface area contributed by atoms with E-state index >= 15 is 0 Å². The number of quaternary nitrogens is 1. The molecule has 0 radical (unpaired) electrons. The van der Waals surface area contributed by atoms with Gasteiger partial charge in [0.1, 0.15) is 11.6 Å². The maximum absolute atomic E-state index is 12.2. The van der Waals surface area contributed by atoms with Crippen LogP contribution in [-0.4, -0.2) is 36.9 Å². The van der Waals surface area contributed by atoms with E-state index in [4.69, 9.17) is 0 Å². The van der Waals surface area contributed by atoms with Gasteiger partial charge in [-0.15, -0.1) is 11.3 Å². The molecule has 0 aliphatic carbocycles. The molecule has 0 aliphatic heterocycles. The highest BCUT2D eigenvalue weighted by molar-refractivity contribution is 7.18. The average molecular weight is 398 g/mol. The molecule has 6 nitrogen and oxygen atoms in total. The van der Waals surface area contributed by atoms with Crippen molar-refractivity contribution < 1.29 is 14.5 Å². The summed E-state index contributed by atoms with van der Waals surface area (Å²) >= 11 is 1.65. The van der Waals surface area contributed by atoms with Crippen LogP contribution in [0.3, 0.4) is 0 Å². The van der Waals surface area contributed by atoms with Crippen LogP contribution in [0.5, 0.6) is 0 Å². The summed E-state index contributed by atoms with van der Waals surface area (Å²) in [6, 6.07) is 15.7. The van der Waals surface area contributed by atoms with Crippen LogP contribution in [0.1, 0.15) is 17.5 Å². The number of likely N-dealkylation sites (N-methyl/N-ethyl adjacent to an activating group) is 1.